The lowest BCUT2D eigenvalue weighted by Gasteiger charge is -2.26. The average molecular weight is 394 g/mol. The van der Waals surface area contributed by atoms with Crippen LogP contribution in [0.2, 0.25) is 0 Å². The number of ether oxygens (including phenoxy) is 4. The molecule has 2 fully saturated rings. The third-order valence-electron chi connectivity index (χ3n) is 4.00. The first-order valence-electron chi connectivity index (χ1n) is 7.56. The Morgan fingerprint density at radius 3 is 2.04 bits per heavy atom. The van der Waals surface area contributed by atoms with Crippen molar-refractivity contribution in [2.45, 2.75) is 48.6 Å². The molecule has 2 aliphatic rings. The van der Waals surface area contributed by atoms with Crippen LogP contribution in [0.4, 0.5) is 0 Å². The van der Waals surface area contributed by atoms with Gasteiger partial charge in [-0.3, -0.25) is 4.52 Å². The molecule has 0 spiro atoms. The van der Waals surface area contributed by atoms with Gasteiger partial charge in [0.25, 0.3) is 0 Å². The van der Waals surface area contributed by atoms with Crippen molar-refractivity contribution in [3.05, 3.63) is 0 Å². The van der Waals surface area contributed by atoms with E-state index in [2.05, 4.69) is 0 Å². The number of methoxy groups -OCH3 is 2. The van der Waals surface area contributed by atoms with Gasteiger partial charge in [0.1, 0.15) is 52.3 Å². The Kier molecular flexibility index (Phi) is 7.88. The molecule has 3 unspecified atom stereocenters. The van der Waals surface area contributed by atoms with E-state index in [4.69, 9.17) is 55.5 Å². The third kappa shape index (κ3) is 5.24. The second-order valence-corrected chi connectivity index (χ2v) is 8.54. The molecule has 25 heavy (non-hydrogen) atoms. The summed E-state index contributed by atoms with van der Waals surface area (Å²) in [7, 11) is 14.0. The monoisotopic (exact) mass is 394 g/mol. The fourth-order valence-corrected chi connectivity index (χ4v) is 4.18. The molecule has 9 nitrogen and oxygen atoms in total. The van der Waals surface area contributed by atoms with E-state index < -0.39 is 55.3 Å². The standard InChI is InChI=1S/C12H21B2O9PS/c1-18-3-5-10(8(16)12(14)21-5)23-24(17,25)20-4-6-9(19-2)7(15)11(13)22-6/h5-12,15-16H,3-4H2,1-2H3,(H,17,25)/t5-,6-,7+,8+,9?,10?,11-,12-,24?/m1/s1. The summed E-state index contributed by atoms with van der Waals surface area (Å²) in [4.78, 5) is 10.3. The van der Waals surface area contributed by atoms with E-state index in [1.807, 2.05) is 0 Å². The Bertz CT molecular complexity index is 490. The number of hydrogen-bond donors (Lipinski definition) is 3. The first kappa shape index (κ1) is 21.7. The largest absolute Gasteiger partial charge is 0.388 e. The van der Waals surface area contributed by atoms with Crippen LogP contribution in [0.15, 0.2) is 0 Å². The summed E-state index contributed by atoms with van der Waals surface area (Å²) in [6, 6.07) is -1.94. The van der Waals surface area contributed by atoms with Crippen LogP contribution in [0, 0.1) is 0 Å². The van der Waals surface area contributed by atoms with Gasteiger partial charge in [-0.15, -0.1) is 0 Å². The number of aliphatic hydroxyl groups excluding tert-OH is 2. The third-order valence-corrected chi connectivity index (χ3v) is 5.56. The molecule has 0 aliphatic carbocycles. The summed E-state index contributed by atoms with van der Waals surface area (Å²) < 4.78 is 31.3. The lowest BCUT2D eigenvalue weighted by Crippen LogP contribution is -2.37. The van der Waals surface area contributed by atoms with E-state index in [1.165, 1.54) is 14.2 Å². The van der Waals surface area contributed by atoms with Crippen molar-refractivity contribution in [3.8, 4) is 0 Å². The van der Waals surface area contributed by atoms with Gasteiger partial charge in [0.2, 0.25) is 0 Å². The van der Waals surface area contributed by atoms with Crippen molar-refractivity contribution >= 4 is 34.2 Å². The topological polar surface area (TPSA) is 116 Å². The van der Waals surface area contributed by atoms with E-state index in [1.54, 1.807) is 0 Å². The molecule has 0 aromatic heterocycles. The van der Waals surface area contributed by atoms with Crippen LogP contribution in [0.3, 0.4) is 0 Å². The predicted octanol–water partition coefficient (Wildman–Crippen LogP) is -2.22. The van der Waals surface area contributed by atoms with E-state index in [-0.39, 0.29) is 13.2 Å². The number of rotatable bonds is 8. The van der Waals surface area contributed by atoms with E-state index in [9.17, 15) is 15.1 Å². The van der Waals surface area contributed by atoms with Crippen molar-refractivity contribution in [3.63, 3.8) is 0 Å². The highest BCUT2D eigenvalue weighted by atomic mass is 32.5. The van der Waals surface area contributed by atoms with Crippen molar-refractivity contribution in [1.29, 1.82) is 0 Å². The summed E-state index contributed by atoms with van der Waals surface area (Å²) in [5, 5.41) is 19.9. The molecule has 13 heteroatoms. The molecule has 9 atom stereocenters. The Morgan fingerprint density at radius 1 is 1.00 bits per heavy atom. The predicted molar refractivity (Wildman–Crippen MR) is 90.8 cm³/mol. The molecule has 4 radical (unpaired) electrons. The summed E-state index contributed by atoms with van der Waals surface area (Å²) >= 11 is 4.96. The Hall–Kier alpha value is 0.420. The summed E-state index contributed by atoms with van der Waals surface area (Å²) in [6.07, 6.45) is -5.44. The molecule has 2 aliphatic heterocycles. The van der Waals surface area contributed by atoms with Crippen LogP contribution < -0.4 is 0 Å². The number of hydrogen-bond acceptors (Lipinski definition) is 9. The van der Waals surface area contributed by atoms with Crippen LogP contribution in [-0.4, -0.2) is 107 Å². The molecule has 2 saturated heterocycles. The Balaban J connectivity index is 1.94. The van der Waals surface area contributed by atoms with Crippen molar-refractivity contribution in [2.75, 3.05) is 27.4 Å². The van der Waals surface area contributed by atoms with Gasteiger partial charge in [-0.25, -0.2) is 0 Å². The highest BCUT2D eigenvalue weighted by Gasteiger charge is 2.46. The van der Waals surface area contributed by atoms with E-state index in [0.717, 1.165) is 0 Å². The zero-order valence-electron chi connectivity index (χ0n) is 13.8. The maximum atomic E-state index is 10.3. The van der Waals surface area contributed by atoms with Gasteiger partial charge in [-0.1, -0.05) is 0 Å². The van der Waals surface area contributed by atoms with Crippen LogP contribution in [0.1, 0.15) is 0 Å². The fourth-order valence-electron chi connectivity index (χ4n) is 2.74. The molecule has 3 N–H and O–H groups in total. The SMILES string of the molecule is [B][C@@H]1O[C@H](COP(O)(=S)OC2[C@@H](COC)O[C@@H]([B])[C@H]2O)C(OC)[C@@H]1O. The zero-order chi connectivity index (χ0) is 18.8. The average Bonchev–Trinajstić information content (AvgIpc) is 2.97. The molecule has 0 aromatic carbocycles. The minimum atomic E-state index is -3.77. The molecular formula is C12H21B2O9PS. The van der Waals surface area contributed by atoms with Gasteiger partial charge in [-0.2, -0.15) is 0 Å². The number of aliphatic hydroxyl groups is 2. The van der Waals surface area contributed by atoms with Crippen LogP contribution >= 0.6 is 6.72 Å². The second kappa shape index (κ2) is 9.07. The first-order chi connectivity index (χ1) is 11.7. The van der Waals surface area contributed by atoms with Crippen molar-refractivity contribution in [2.24, 2.45) is 0 Å². The van der Waals surface area contributed by atoms with Crippen molar-refractivity contribution in [1.82, 2.24) is 0 Å². The highest BCUT2D eigenvalue weighted by molar-refractivity contribution is 8.07. The lowest BCUT2D eigenvalue weighted by atomic mass is 9.93. The van der Waals surface area contributed by atoms with Gasteiger partial charge in [-0.05, 0) is 11.8 Å². The molecule has 0 aromatic rings. The van der Waals surface area contributed by atoms with Gasteiger partial charge in [0.05, 0.1) is 13.2 Å². The minimum Gasteiger partial charge on any atom is -0.388 e. The Labute approximate surface area is 153 Å². The molecule has 0 amide bonds. The second-order valence-electron chi connectivity index (χ2n) is 5.75. The van der Waals surface area contributed by atoms with Crippen LogP contribution in [0.5, 0.6) is 0 Å². The lowest BCUT2D eigenvalue weighted by molar-refractivity contribution is -0.0390. The molecular weight excluding hydrogens is 373 g/mol. The van der Waals surface area contributed by atoms with Gasteiger partial charge in [0, 0.05) is 26.2 Å². The fraction of sp³-hybridized carbons (Fsp3) is 1.00. The highest BCUT2D eigenvalue weighted by Crippen LogP contribution is 2.48. The quantitative estimate of drug-likeness (QED) is 0.309. The zero-order valence-corrected chi connectivity index (χ0v) is 15.5. The maximum absolute atomic E-state index is 10.3. The minimum absolute atomic E-state index is 0.0866. The van der Waals surface area contributed by atoms with Gasteiger partial charge < -0.3 is 38.6 Å². The Morgan fingerprint density at radius 2 is 1.52 bits per heavy atom. The van der Waals surface area contributed by atoms with E-state index in [0.29, 0.717) is 0 Å². The smallest absolute Gasteiger partial charge is 0.325 e. The maximum Gasteiger partial charge on any atom is 0.325 e. The summed E-state index contributed by atoms with van der Waals surface area (Å²) in [6.45, 7) is -3.91. The van der Waals surface area contributed by atoms with E-state index >= 15 is 0 Å². The first-order valence-corrected chi connectivity index (χ1v) is 10.1. The summed E-state index contributed by atoms with van der Waals surface area (Å²) in [5.41, 5.74) is 0. The van der Waals surface area contributed by atoms with Gasteiger partial charge >= 0.3 is 6.72 Å². The molecule has 140 valence electrons. The molecule has 2 heterocycles. The molecule has 2 rings (SSSR count). The normalized spacial score (nSPS) is 44.0. The van der Waals surface area contributed by atoms with Gasteiger partial charge in [0.15, 0.2) is 0 Å². The molecule has 0 bridgehead atoms. The molecule has 0 saturated carbocycles. The van der Waals surface area contributed by atoms with Crippen LogP contribution in [0.25, 0.3) is 0 Å². The van der Waals surface area contributed by atoms with Crippen molar-refractivity contribution < 1.29 is 43.1 Å². The summed E-state index contributed by atoms with van der Waals surface area (Å²) in [5.74, 6) is 0. The van der Waals surface area contributed by atoms with Crippen LogP contribution in [-0.2, 0) is 39.8 Å².